The first-order valence-corrected chi connectivity index (χ1v) is 6.80. The van der Waals surface area contributed by atoms with Gasteiger partial charge >= 0.3 is 0 Å². The number of rotatable bonds is 5. The Balaban J connectivity index is 2.94. The summed E-state index contributed by atoms with van der Waals surface area (Å²) < 4.78 is 0. The van der Waals surface area contributed by atoms with E-state index >= 15 is 0 Å². The van der Waals surface area contributed by atoms with Gasteiger partial charge in [0.05, 0.1) is 15.1 Å². The molecule has 0 spiro atoms. The number of amides is 1. The molecule has 0 aromatic heterocycles. The maximum atomic E-state index is 12.0. The largest absolute Gasteiger partial charge is 0.505 e. The molecule has 0 bridgehead atoms. The fraction of sp³-hybridized carbons (Fsp3) is 0.417. The zero-order valence-electron chi connectivity index (χ0n) is 10.2. The van der Waals surface area contributed by atoms with E-state index in [-0.39, 0.29) is 33.3 Å². The van der Waals surface area contributed by atoms with Gasteiger partial charge in [-0.05, 0) is 25.8 Å². The third kappa shape index (κ3) is 4.14. The summed E-state index contributed by atoms with van der Waals surface area (Å²) in [7, 11) is 0. The molecule has 0 aliphatic rings. The van der Waals surface area contributed by atoms with Crippen molar-refractivity contribution in [3.8, 4) is 5.75 Å². The van der Waals surface area contributed by atoms with Crippen LogP contribution >= 0.6 is 34.8 Å². The Morgan fingerprint density at radius 2 is 2.00 bits per heavy atom. The lowest BCUT2D eigenvalue weighted by atomic mass is 10.1. The summed E-state index contributed by atoms with van der Waals surface area (Å²) in [5.74, 6) is -0.958. The van der Waals surface area contributed by atoms with Gasteiger partial charge in [-0.1, -0.05) is 34.8 Å². The van der Waals surface area contributed by atoms with Crippen molar-refractivity contribution in [2.45, 2.75) is 25.8 Å². The highest BCUT2D eigenvalue weighted by Crippen LogP contribution is 2.38. The molecule has 0 aliphatic heterocycles. The van der Waals surface area contributed by atoms with E-state index in [4.69, 9.17) is 39.9 Å². The Bertz CT molecular complexity index is 454. The maximum absolute atomic E-state index is 12.0. The van der Waals surface area contributed by atoms with E-state index in [9.17, 15) is 9.90 Å². The number of aliphatic hydroxyl groups excluding tert-OH is 1. The minimum absolute atomic E-state index is 0.0393. The van der Waals surface area contributed by atoms with Crippen LogP contribution in [-0.4, -0.2) is 28.8 Å². The van der Waals surface area contributed by atoms with Crippen LogP contribution in [0.5, 0.6) is 5.75 Å². The van der Waals surface area contributed by atoms with Crippen molar-refractivity contribution in [3.63, 3.8) is 0 Å². The van der Waals surface area contributed by atoms with E-state index in [2.05, 4.69) is 5.32 Å². The normalized spacial score (nSPS) is 12.3. The molecular formula is C12H14Cl3NO3. The minimum atomic E-state index is -0.558. The Kier molecular flexibility index (Phi) is 6.20. The third-order valence-electron chi connectivity index (χ3n) is 2.55. The van der Waals surface area contributed by atoms with Gasteiger partial charge in [0.25, 0.3) is 5.91 Å². The third-order valence-corrected chi connectivity index (χ3v) is 3.62. The average molecular weight is 327 g/mol. The maximum Gasteiger partial charge on any atom is 0.256 e. The molecule has 1 unspecified atom stereocenters. The first kappa shape index (κ1) is 16.4. The molecule has 1 aromatic carbocycles. The van der Waals surface area contributed by atoms with E-state index in [0.717, 1.165) is 0 Å². The Hall–Kier alpha value is -0.680. The lowest BCUT2D eigenvalue weighted by Crippen LogP contribution is -2.33. The molecule has 4 nitrogen and oxygen atoms in total. The number of aliphatic hydroxyl groups is 1. The summed E-state index contributed by atoms with van der Waals surface area (Å²) in [4.78, 5) is 12.0. The van der Waals surface area contributed by atoms with Gasteiger partial charge in [-0.25, -0.2) is 0 Å². The second-order valence-corrected chi connectivity index (χ2v) is 5.31. The Morgan fingerprint density at radius 1 is 1.37 bits per heavy atom. The zero-order chi connectivity index (χ0) is 14.6. The van der Waals surface area contributed by atoms with Gasteiger partial charge in [-0.15, -0.1) is 0 Å². The van der Waals surface area contributed by atoms with E-state index in [1.807, 2.05) is 0 Å². The van der Waals surface area contributed by atoms with Crippen molar-refractivity contribution in [2.75, 3.05) is 6.61 Å². The summed E-state index contributed by atoms with van der Waals surface area (Å²) in [5.41, 5.74) is -0.144. The molecule has 1 atom stereocenters. The smallest absolute Gasteiger partial charge is 0.256 e. The van der Waals surface area contributed by atoms with Crippen LogP contribution in [0.25, 0.3) is 0 Å². The summed E-state index contributed by atoms with van der Waals surface area (Å²) in [5, 5.41) is 21.2. The number of aromatic hydroxyl groups is 1. The van der Waals surface area contributed by atoms with E-state index in [1.54, 1.807) is 6.92 Å². The number of nitrogens with one attached hydrogen (secondary N) is 1. The monoisotopic (exact) mass is 325 g/mol. The van der Waals surface area contributed by atoms with Crippen LogP contribution in [0.3, 0.4) is 0 Å². The van der Waals surface area contributed by atoms with Gasteiger partial charge in [0.2, 0.25) is 0 Å². The van der Waals surface area contributed by atoms with Crippen LogP contribution in [0, 0.1) is 0 Å². The molecule has 1 aromatic rings. The highest BCUT2D eigenvalue weighted by atomic mass is 35.5. The van der Waals surface area contributed by atoms with E-state index in [0.29, 0.717) is 12.8 Å². The quantitative estimate of drug-likeness (QED) is 0.728. The molecule has 19 heavy (non-hydrogen) atoms. The van der Waals surface area contributed by atoms with E-state index < -0.39 is 11.7 Å². The lowest BCUT2D eigenvalue weighted by molar-refractivity contribution is 0.0934. The molecule has 3 N–H and O–H groups in total. The van der Waals surface area contributed by atoms with Crippen LogP contribution in [0.1, 0.15) is 30.1 Å². The first-order chi connectivity index (χ1) is 8.88. The molecule has 0 heterocycles. The molecule has 1 rings (SSSR count). The molecule has 7 heteroatoms. The molecule has 1 amide bonds. The minimum Gasteiger partial charge on any atom is -0.505 e. The first-order valence-electron chi connectivity index (χ1n) is 5.66. The highest BCUT2D eigenvalue weighted by molar-refractivity contribution is 6.45. The van der Waals surface area contributed by atoms with Crippen molar-refractivity contribution in [3.05, 3.63) is 26.7 Å². The summed E-state index contributed by atoms with van der Waals surface area (Å²) in [6.07, 6.45) is 1.17. The zero-order valence-corrected chi connectivity index (χ0v) is 12.5. The number of phenolic OH excluding ortho intramolecular Hbond substituents is 1. The molecule has 0 saturated carbocycles. The number of benzene rings is 1. The summed E-state index contributed by atoms with van der Waals surface area (Å²) in [6.45, 7) is 1.83. The second-order valence-electron chi connectivity index (χ2n) is 4.12. The van der Waals surface area contributed by atoms with Crippen molar-refractivity contribution >= 4 is 40.7 Å². The molecule has 106 valence electrons. The topological polar surface area (TPSA) is 69.6 Å². The fourth-order valence-corrected chi connectivity index (χ4v) is 2.25. The highest BCUT2D eigenvalue weighted by Gasteiger charge is 2.22. The number of carbonyl (C=O) groups excluding carboxylic acids is 1. The lowest BCUT2D eigenvalue weighted by Gasteiger charge is -2.15. The van der Waals surface area contributed by atoms with Gasteiger partial charge in [0.1, 0.15) is 11.3 Å². The van der Waals surface area contributed by atoms with Gasteiger partial charge in [-0.3, -0.25) is 4.79 Å². The SMILES string of the molecule is CC(CCCO)NC(=O)c1c(O)c(Cl)cc(Cl)c1Cl. The van der Waals surface area contributed by atoms with Crippen LogP contribution in [0.15, 0.2) is 6.07 Å². The van der Waals surface area contributed by atoms with Crippen LogP contribution in [-0.2, 0) is 0 Å². The number of carbonyl (C=O) groups is 1. The Morgan fingerprint density at radius 3 is 2.58 bits per heavy atom. The van der Waals surface area contributed by atoms with Crippen LogP contribution in [0.4, 0.5) is 0 Å². The van der Waals surface area contributed by atoms with Crippen molar-refractivity contribution < 1.29 is 15.0 Å². The van der Waals surface area contributed by atoms with Gasteiger partial charge < -0.3 is 15.5 Å². The van der Waals surface area contributed by atoms with Gasteiger partial charge in [-0.2, -0.15) is 0 Å². The molecule has 0 fully saturated rings. The van der Waals surface area contributed by atoms with Crippen molar-refractivity contribution in [2.24, 2.45) is 0 Å². The predicted molar refractivity (Wildman–Crippen MR) is 76.4 cm³/mol. The van der Waals surface area contributed by atoms with Crippen LogP contribution in [0.2, 0.25) is 15.1 Å². The van der Waals surface area contributed by atoms with Gasteiger partial charge in [0.15, 0.2) is 0 Å². The summed E-state index contributed by atoms with van der Waals surface area (Å²) >= 11 is 17.5. The van der Waals surface area contributed by atoms with Gasteiger partial charge in [0, 0.05) is 12.6 Å². The number of halogens is 3. The predicted octanol–water partition coefficient (Wildman–Crippen LogP) is 3.24. The number of hydrogen-bond donors (Lipinski definition) is 3. The summed E-state index contributed by atoms with van der Waals surface area (Å²) in [6, 6.07) is 1.10. The molecular weight excluding hydrogens is 312 g/mol. The molecule has 0 saturated heterocycles. The van der Waals surface area contributed by atoms with Crippen molar-refractivity contribution in [1.29, 1.82) is 0 Å². The van der Waals surface area contributed by atoms with Crippen molar-refractivity contribution in [1.82, 2.24) is 5.32 Å². The van der Waals surface area contributed by atoms with E-state index in [1.165, 1.54) is 6.07 Å². The number of hydrogen-bond acceptors (Lipinski definition) is 3. The number of phenols is 1. The standard InChI is InChI=1S/C12H14Cl3NO3/c1-6(3-2-4-17)16-12(19)9-10(15)7(13)5-8(14)11(9)18/h5-6,17-18H,2-4H2,1H3,(H,16,19). The second kappa shape index (κ2) is 7.20. The average Bonchev–Trinajstić information content (AvgIpc) is 2.34. The molecule has 0 radical (unpaired) electrons. The molecule has 0 aliphatic carbocycles. The van der Waals surface area contributed by atoms with Crippen LogP contribution < -0.4 is 5.32 Å². The Labute approximate surface area is 126 Å². The fourth-order valence-electron chi connectivity index (χ4n) is 1.56.